The molecule has 0 aliphatic heterocycles. The van der Waals surface area contributed by atoms with Crippen molar-refractivity contribution in [1.82, 2.24) is 4.90 Å². The molecular formula is C14H25NO3. The zero-order valence-electron chi connectivity index (χ0n) is 11.5. The first-order valence-corrected chi connectivity index (χ1v) is 7.06. The van der Waals surface area contributed by atoms with Crippen molar-refractivity contribution < 1.29 is 14.7 Å². The van der Waals surface area contributed by atoms with Crippen molar-refractivity contribution in [2.24, 2.45) is 5.92 Å². The van der Waals surface area contributed by atoms with Gasteiger partial charge in [-0.1, -0.05) is 26.7 Å². The van der Waals surface area contributed by atoms with E-state index in [-0.39, 0.29) is 0 Å². The summed E-state index contributed by atoms with van der Waals surface area (Å²) in [6.07, 6.45) is 6.89. The van der Waals surface area contributed by atoms with Gasteiger partial charge in [-0.2, -0.15) is 0 Å². The maximum absolute atomic E-state index is 11.6. The summed E-state index contributed by atoms with van der Waals surface area (Å²) in [4.78, 5) is 24.3. The van der Waals surface area contributed by atoms with Crippen molar-refractivity contribution in [3.8, 4) is 0 Å². The van der Waals surface area contributed by atoms with E-state index >= 15 is 0 Å². The van der Waals surface area contributed by atoms with Crippen molar-refractivity contribution in [3.05, 3.63) is 0 Å². The SMILES string of the molecule is CCCC1CCC(C(=O)O)(N(C=O)CCC)CC1. The van der Waals surface area contributed by atoms with Gasteiger partial charge >= 0.3 is 5.97 Å². The molecule has 0 bridgehead atoms. The van der Waals surface area contributed by atoms with E-state index in [4.69, 9.17) is 0 Å². The molecule has 0 aromatic carbocycles. The Kier molecular flexibility index (Phi) is 5.63. The molecule has 0 saturated heterocycles. The molecule has 104 valence electrons. The smallest absolute Gasteiger partial charge is 0.329 e. The fraction of sp³-hybridized carbons (Fsp3) is 0.857. The second-order valence-electron chi connectivity index (χ2n) is 5.37. The molecule has 18 heavy (non-hydrogen) atoms. The first-order valence-electron chi connectivity index (χ1n) is 7.06. The Balaban J connectivity index is 2.77. The normalized spacial score (nSPS) is 27.8. The highest BCUT2D eigenvalue weighted by Crippen LogP contribution is 2.38. The third-order valence-corrected chi connectivity index (χ3v) is 4.17. The highest BCUT2D eigenvalue weighted by molar-refractivity contribution is 5.81. The molecule has 1 amide bonds. The first kappa shape index (κ1) is 15.0. The van der Waals surface area contributed by atoms with Crippen LogP contribution in [0.15, 0.2) is 0 Å². The van der Waals surface area contributed by atoms with Crippen LogP contribution in [0.25, 0.3) is 0 Å². The standard InChI is InChI=1S/C14H25NO3/c1-3-5-12-6-8-14(9-7-12,13(17)18)15(11-16)10-4-2/h11-12H,3-10H2,1-2H3,(H,17,18). The molecule has 0 heterocycles. The van der Waals surface area contributed by atoms with E-state index in [0.29, 0.717) is 25.3 Å². The number of nitrogens with zero attached hydrogens (tertiary/aromatic N) is 1. The number of amides is 1. The van der Waals surface area contributed by atoms with Crippen molar-refractivity contribution in [2.45, 2.75) is 64.3 Å². The summed E-state index contributed by atoms with van der Waals surface area (Å²) < 4.78 is 0. The second kappa shape index (κ2) is 6.76. The quantitative estimate of drug-likeness (QED) is 0.711. The molecule has 1 aliphatic rings. The van der Waals surface area contributed by atoms with Crippen LogP contribution >= 0.6 is 0 Å². The Labute approximate surface area is 109 Å². The van der Waals surface area contributed by atoms with E-state index in [1.165, 1.54) is 11.3 Å². The zero-order valence-corrected chi connectivity index (χ0v) is 11.5. The molecule has 0 spiro atoms. The fourth-order valence-corrected chi connectivity index (χ4v) is 3.08. The summed E-state index contributed by atoms with van der Waals surface area (Å²) in [5.41, 5.74) is -0.942. The Morgan fingerprint density at radius 2 is 1.94 bits per heavy atom. The van der Waals surface area contributed by atoms with Crippen molar-refractivity contribution >= 4 is 12.4 Å². The van der Waals surface area contributed by atoms with Crippen LogP contribution in [0.4, 0.5) is 0 Å². The van der Waals surface area contributed by atoms with Gasteiger partial charge in [-0.15, -0.1) is 0 Å². The van der Waals surface area contributed by atoms with Crippen LogP contribution in [-0.4, -0.2) is 34.5 Å². The lowest BCUT2D eigenvalue weighted by molar-refractivity contribution is -0.158. The summed E-state index contributed by atoms with van der Waals surface area (Å²) in [7, 11) is 0. The first-order chi connectivity index (χ1) is 8.60. The van der Waals surface area contributed by atoms with Crippen LogP contribution in [0, 0.1) is 5.92 Å². The van der Waals surface area contributed by atoms with E-state index in [1.54, 1.807) is 0 Å². The lowest BCUT2D eigenvalue weighted by Crippen LogP contribution is -2.56. The Hall–Kier alpha value is -1.06. The molecule has 1 N–H and O–H groups in total. The molecule has 1 aliphatic carbocycles. The van der Waals surface area contributed by atoms with Gasteiger partial charge in [0.1, 0.15) is 5.54 Å². The number of carbonyl (C=O) groups excluding carboxylic acids is 1. The van der Waals surface area contributed by atoms with E-state index in [2.05, 4.69) is 6.92 Å². The molecular weight excluding hydrogens is 230 g/mol. The number of carbonyl (C=O) groups is 2. The van der Waals surface area contributed by atoms with Gasteiger partial charge in [-0.25, -0.2) is 4.79 Å². The molecule has 4 heteroatoms. The maximum Gasteiger partial charge on any atom is 0.329 e. The van der Waals surface area contributed by atoms with Gasteiger partial charge in [0.05, 0.1) is 0 Å². The van der Waals surface area contributed by atoms with Gasteiger partial charge in [0.25, 0.3) is 0 Å². The molecule has 1 saturated carbocycles. The van der Waals surface area contributed by atoms with E-state index in [9.17, 15) is 14.7 Å². The molecule has 0 atom stereocenters. The van der Waals surface area contributed by atoms with Gasteiger partial charge in [0.15, 0.2) is 0 Å². The third kappa shape index (κ3) is 3.03. The minimum atomic E-state index is -0.942. The van der Waals surface area contributed by atoms with Crippen molar-refractivity contribution in [3.63, 3.8) is 0 Å². The number of hydrogen-bond donors (Lipinski definition) is 1. The summed E-state index contributed by atoms with van der Waals surface area (Å²) in [5, 5.41) is 9.53. The van der Waals surface area contributed by atoms with Crippen LogP contribution in [0.1, 0.15) is 58.8 Å². The molecule has 1 rings (SSSR count). The summed E-state index contributed by atoms with van der Waals surface area (Å²) in [6.45, 7) is 4.66. The van der Waals surface area contributed by atoms with Gasteiger partial charge < -0.3 is 10.0 Å². The summed E-state index contributed by atoms with van der Waals surface area (Å²) in [6, 6.07) is 0. The largest absolute Gasteiger partial charge is 0.479 e. The summed E-state index contributed by atoms with van der Waals surface area (Å²) >= 11 is 0. The van der Waals surface area contributed by atoms with Gasteiger partial charge in [0, 0.05) is 6.54 Å². The summed E-state index contributed by atoms with van der Waals surface area (Å²) in [5.74, 6) is -0.199. The van der Waals surface area contributed by atoms with Crippen molar-refractivity contribution in [1.29, 1.82) is 0 Å². The average molecular weight is 255 g/mol. The lowest BCUT2D eigenvalue weighted by atomic mass is 9.74. The van der Waals surface area contributed by atoms with E-state index in [0.717, 1.165) is 32.1 Å². The third-order valence-electron chi connectivity index (χ3n) is 4.17. The Morgan fingerprint density at radius 3 is 2.33 bits per heavy atom. The van der Waals surface area contributed by atoms with Crippen LogP contribution in [-0.2, 0) is 9.59 Å². The second-order valence-corrected chi connectivity index (χ2v) is 5.37. The highest BCUT2D eigenvalue weighted by atomic mass is 16.4. The maximum atomic E-state index is 11.6. The number of rotatable bonds is 7. The average Bonchev–Trinajstić information content (AvgIpc) is 2.37. The minimum Gasteiger partial charge on any atom is -0.479 e. The van der Waals surface area contributed by atoms with Crippen LogP contribution in [0.3, 0.4) is 0 Å². The molecule has 0 unspecified atom stereocenters. The molecule has 1 fully saturated rings. The molecule has 0 aromatic rings. The number of aliphatic carboxylic acids is 1. The van der Waals surface area contributed by atoms with E-state index < -0.39 is 11.5 Å². The monoisotopic (exact) mass is 255 g/mol. The van der Waals surface area contributed by atoms with Gasteiger partial charge in [-0.05, 0) is 38.0 Å². The number of carboxylic acids is 1. The van der Waals surface area contributed by atoms with Crippen LogP contribution in [0.2, 0.25) is 0 Å². The van der Waals surface area contributed by atoms with Gasteiger partial charge in [0.2, 0.25) is 6.41 Å². The highest BCUT2D eigenvalue weighted by Gasteiger charge is 2.45. The number of carboxylic acid groups (broad SMARTS) is 1. The Bertz CT molecular complexity index is 283. The van der Waals surface area contributed by atoms with Crippen molar-refractivity contribution in [2.75, 3.05) is 6.54 Å². The predicted molar refractivity (Wildman–Crippen MR) is 70.3 cm³/mol. The zero-order chi connectivity index (χ0) is 13.6. The lowest BCUT2D eigenvalue weighted by Gasteiger charge is -2.43. The number of hydrogen-bond acceptors (Lipinski definition) is 2. The van der Waals surface area contributed by atoms with Crippen LogP contribution in [0.5, 0.6) is 0 Å². The minimum absolute atomic E-state index is 0.536. The topological polar surface area (TPSA) is 57.6 Å². The van der Waals surface area contributed by atoms with Gasteiger partial charge in [-0.3, -0.25) is 4.79 Å². The fourth-order valence-electron chi connectivity index (χ4n) is 3.08. The molecule has 0 radical (unpaired) electrons. The Morgan fingerprint density at radius 1 is 1.33 bits per heavy atom. The predicted octanol–water partition coefficient (Wildman–Crippen LogP) is 2.67. The molecule has 0 aromatic heterocycles. The van der Waals surface area contributed by atoms with Crippen LogP contribution < -0.4 is 0 Å². The molecule has 4 nitrogen and oxygen atoms in total. The van der Waals surface area contributed by atoms with E-state index in [1.807, 2.05) is 6.92 Å².